The lowest BCUT2D eigenvalue weighted by Gasteiger charge is -2.27. The first-order chi connectivity index (χ1) is 10.5. The summed E-state index contributed by atoms with van der Waals surface area (Å²) < 4.78 is 0. The van der Waals surface area contributed by atoms with Crippen molar-refractivity contribution in [3.63, 3.8) is 0 Å². The third-order valence-electron chi connectivity index (χ3n) is 3.71. The molecule has 0 saturated heterocycles. The van der Waals surface area contributed by atoms with E-state index in [9.17, 15) is 9.59 Å². The summed E-state index contributed by atoms with van der Waals surface area (Å²) in [5.41, 5.74) is 6.63. The van der Waals surface area contributed by atoms with Gasteiger partial charge in [-0.25, -0.2) is 0 Å². The van der Waals surface area contributed by atoms with Crippen molar-refractivity contribution >= 4 is 17.6 Å². The monoisotopic (exact) mass is 306 g/mol. The molecule has 1 amide bonds. The van der Waals surface area contributed by atoms with Gasteiger partial charge < -0.3 is 15.7 Å². The van der Waals surface area contributed by atoms with Crippen molar-refractivity contribution < 1.29 is 14.7 Å². The van der Waals surface area contributed by atoms with Crippen LogP contribution in [-0.4, -0.2) is 30.1 Å². The molecular formula is C17H26N2O3. The van der Waals surface area contributed by atoms with E-state index in [1.165, 1.54) is 12.8 Å². The fourth-order valence-electron chi connectivity index (χ4n) is 2.30. The molecule has 0 aliphatic carbocycles. The van der Waals surface area contributed by atoms with Crippen LogP contribution >= 0.6 is 0 Å². The SMILES string of the molecule is CCCCCCN(CC(C)C(=O)O)c1ccc(C(N)=O)cc1. The van der Waals surface area contributed by atoms with E-state index in [1.54, 1.807) is 19.1 Å². The molecule has 0 saturated carbocycles. The van der Waals surface area contributed by atoms with Gasteiger partial charge in [-0.2, -0.15) is 0 Å². The molecule has 0 aliphatic rings. The van der Waals surface area contributed by atoms with Gasteiger partial charge >= 0.3 is 5.97 Å². The van der Waals surface area contributed by atoms with Crippen LogP contribution in [0.1, 0.15) is 49.9 Å². The zero-order valence-corrected chi connectivity index (χ0v) is 13.4. The Morgan fingerprint density at radius 3 is 2.32 bits per heavy atom. The second kappa shape index (κ2) is 9.07. The Morgan fingerprint density at radius 2 is 1.82 bits per heavy atom. The highest BCUT2D eigenvalue weighted by atomic mass is 16.4. The van der Waals surface area contributed by atoms with Gasteiger partial charge in [-0.1, -0.05) is 33.1 Å². The molecule has 3 N–H and O–H groups in total. The molecule has 1 rings (SSSR count). The minimum atomic E-state index is -0.799. The van der Waals surface area contributed by atoms with Crippen molar-refractivity contribution in [3.8, 4) is 0 Å². The lowest BCUT2D eigenvalue weighted by Crippen LogP contribution is -2.32. The number of carbonyl (C=O) groups is 2. The number of rotatable bonds is 10. The van der Waals surface area contributed by atoms with Crippen LogP contribution < -0.4 is 10.6 Å². The first-order valence-electron chi connectivity index (χ1n) is 7.83. The average molecular weight is 306 g/mol. The molecule has 0 fully saturated rings. The average Bonchev–Trinajstić information content (AvgIpc) is 2.50. The number of nitrogens with two attached hydrogens (primary N) is 1. The number of carboxylic acid groups (broad SMARTS) is 1. The molecule has 0 spiro atoms. The highest BCUT2D eigenvalue weighted by molar-refractivity contribution is 5.93. The van der Waals surface area contributed by atoms with Crippen LogP contribution in [0.25, 0.3) is 0 Å². The van der Waals surface area contributed by atoms with Gasteiger partial charge in [0.25, 0.3) is 0 Å². The number of carboxylic acids is 1. The lowest BCUT2D eigenvalue weighted by molar-refractivity contribution is -0.140. The van der Waals surface area contributed by atoms with Crippen LogP contribution in [0.2, 0.25) is 0 Å². The molecule has 0 aliphatic heterocycles. The number of primary amides is 1. The van der Waals surface area contributed by atoms with Gasteiger partial charge in [0, 0.05) is 24.3 Å². The summed E-state index contributed by atoms with van der Waals surface area (Å²) in [7, 11) is 0. The van der Waals surface area contributed by atoms with Gasteiger partial charge in [-0.15, -0.1) is 0 Å². The van der Waals surface area contributed by atoms with E-state index in [2.05, 4.69) is 11.8 Å². The zero-order valence-electron chi connectivity index (χ0n) is 13.4. The number of amides is 1. The van der Waals surface area contributed by atoms with Crippen molar-refractivity contribution in [2.24, 2.45) is 11.7 Å². The normalized spacial score (nSPS) is 11.9. The quantitative estimate of drug-likeness (QED) is 0.651. The largest absolute Gasteiger partial charge is 0.481 e. The molecule has 1 aromatic rings. The summed E-state index contributed by atoms with van der Waals surface area (Å²) in [6.45, 7) is 5.14. The van der Waals surface area contributed by atoms with Crippen molar-refractivity contribution in [2.45, 2.75) is 39.5 Å². The zero-order chi connectivity index (χ0) is 16.5. The minimum absolute atomic E-state index is 0.443. The summed E-state index contributed by atoms with van der Waals surface area (Å²) in [4.78, 5) is 24.3. The first kappa shape index (κ1) is 18.0. The van der Waals surface area contributed by atoms with E-state index in [0.717, 1.165) is 25.1 Å². The Hall–Kier alpha value is -2.04. The van der Waals surface area contributed by atoms with Gasteiger partial charge in [0.15, 0.2) is 0 Å². The molecule has 22 heavy (non-hydrogen) atoms. The molecule has 1 unspecified atom stereocenters. The Bertz CT molecular complexity index is 485. The number of benzene rings is 1. The number of hydrogen-bond donors (Lipinski definition) is 2. The fraction of sp³-hybridized carbons (Fsp3) is 0.529. The van der Waals surface area contributed by atoms with Gasteiger partial charge in [0.1, 0.15) is 0 Å². The van der Waals surface area contributed by atoms with E-state index in [-0.39, 0.29) is 0 Å². The second-order valence-electron chi connectivity index (χ2n) is 5.66. The molecule has 0 aromatic heterocycles. The molecule has 5 nitrogen and oxygen atoms in total. The minimum Gasteiger partial charge on any atom is -0.481 e. The Kier molecular flexibility index (Phi) is 7.43. The third kappa shape index (κ3) is 5.76. The van der Waals surface area contributed by atoms with Crippen molar-refractivity contribution in [2.75, 3.05) is 18.0 Å². The molecule has 0 heterocycles. The summed E-state index contributed by atoms with van der Waals surface area (Å²) in [5, 5.41) is 9.12. The molecule has 1 aromatic carbocycles. The molecule has 122 valence electrons. The number of carbonyl (C=O) groups excluding carboxylic acids is 1. The van der Waals surface area contributed by atoms with Crippen molar-refractivity contribution in [1.29, 1.82) is 0 Å². The molecule has 0 radical (unpaired) electrons. The molecule has 0 bridgehead atoms. The Balaban J connectivity index is 2.78. The summed E-state index contributed by atoms with van der Waals surface area (Å²) in [5.74, 6) is -1.70. The number of unbranched alkanes of at least 4 members (excludes halogenated alkanes) is 3. The smallest absolute Gasteiger partial charge is 0.308 e. The summed E-state index contributed by atoms with van der Waals surface area (Å²) in [6, 6.07) is 7.02. The van der Waals surface area contributed by atoms with Crippen LogP contribution in [0, 0.1) is 5.92 Å². The van der Waals surface area contributed by atoms with Crippen LogP contribution in [0.4, 0.5) is 5.69 Å². The lowest BCUT2D eigenvalue weighted by atomic mass is 10.1. The highest BCUT2D eigenvalue weighted by Gasteiger charge is 2.16. The molecule has 1 atom stereocenters. The van der Waals surface area contributed by atoms with Gasteiger partial charge in [-0.05, 0) is 30.7 Å². The van der Waals surface area contributed by atoms with E-state index in [4.69, 9.17) is 10.8 Å². The highest BCUT2D eigenvalue weighted by Crippen LogP contribution is 2.18. The van der Waals surface area contributed by atoms with E-state index < -0.39 is 17.8 Å². The number of aliphatic carboxylic acids is 1. The number of nitrogens with zero attached hydrogens (tertiary/aromatic N) is 1. The van der Waals surface area contributed by atoms with E-state index >= 15 is 0 Å². The van der Waals surface area contributed by atoms with Gasteiger partial charge in [0.05, 0.1) is 5.92 Å². The number of hydrogen-bond acceptors (Lipinski definition) is 3. The van der Waals surface area contributed by atoms with Crippen LogP contribution in [-0.2, 0) is 4.79 Å². The van der Waals surface area contributed by atoms with E-state index in [0.29, 0.717) is 12.1 Å². The molecule has 5 heteroatoms. The molecular weight excluding hydrogens is 280 g/mol. The maximum absolute atomic E-state index is 11.1. The first-order valence-corrected chi connectivity index (χ1v) is 7.83. The predicted molar refractivity (Wildman–Crippen MR) is 88.1 cm³/mol. The maximum atomic E-state index is 11.1. The van der Waals surface area contributed by atoms with Gasteiger partial charge in [-0.3, -0.25) is 9.59 Å². The van der Waals surface area contributed by atoms with Crippen LogP contribution in [0.3, 0.4) is 0 Å². The summed E-state index contributed by atoms with van der Waals surface area (Å²) in [6.07, 6.45) is 4.51. The van der Waals surface area contributed by atoms with Crippen molar-refractivity contribution in [3.05, 3.63) is 29.8 Å². The van der Waals surface area contributed by atoms with E-state index in [1.807, 2.05) is 12.1 Å². The fourth-order valence-corrected chi connectivity index (χ4v) is 2.30. The van der Waals surface area contributed by atoms with Crippen molar-refractivity contribution in [1.82, 2.24) is 0 Å². The number of anilines is 1. The summed E-state index contributed by atoms with van der Waals surface area (Å²) >= 11 is 0. The predicted octanol–water partition coefficient (Wildman–Crippen LogP) is 2.89. The van der Waals surface area contributed by atoms with Crippen LogP contribution in [0.5, 0.6) is 0 Å². The van der Waals surface area contributed by atoms with Crippen LogP contribution in [0.15, 0.2) is 24.3 Å². The second-order valence-corrected chi connectivity index (χ2v) is 5.66. The maximum Gasteiger partial charge on any atom is 0.308 e. The third-order valence-corrected chi connectivity index (χ3v) is 3.71. The Morgan fingerprint density at radius 1 is 1.18 bits per heavy atom. The topological polar surface area (TPSA) is 83.6 Å². The standard InChI is InChI=1S/C17H26N2O3/c1-3-4-5-6-11-19(12-13(2)17(21)22)15-9-7-14(8-10-15)16(18)20/h7-10,13H,3-6,11-12H2,1-2H3,(H2,18,20)(H,21,22). The Labute approximate surface area is 132 Å². The van der Waals surface area contributed by atoms with Gasteiger partial charge in [0.2, 0.25) is 5.91 Å².